The van der Waals surface area contributed by atoms with Gasteiger partial charge in [-0.1, -0.05) is 138 Å². The second-order valence-electron chi connectivity index (χ2n) is 14.9. The van der Waals surface area contributed by atoms with Gasteiger partial charge in [-0.15, -0.1) is 0 Å². The topological polar surface area (TPSA) is 111 Å². The van der Waals surface area contributed by atoms with Crippen molar-refractivity contribution in [3.63, 3.8) is 0 Å². The molecule has 2 atom stereocenters. The molecule has 0 aliphatic heterocycles. The fourth-order valence-corrected chi connectivity index (χ4v) is 5.18. The van der Waals surface area contributed by atoms with Gasteiger partial charge in [0.1, 0.15) is 13.2 Å². The Labute approximate surface area is 335 Å². The van der Waals surface area contributed by atoms with E-state index in [-0.39, 0.29) is 38.6 Å². The first-order chi connectivity index (χ1) is 26.6. The second-order valence-corrected chi connectivity index (χ2v) is 14.9. The number of aliphatic carboxylic acids is 1. The molecule has 0 heterocycles. The lowest BCUT2D eigenvalue weighted by Gasteiger charge is -2.26. The molecule has 0 amide bonds. The summed E-state index contributed by atoms with van der Waals surface area (Å²) >= 11 is 0. The maximum Gasteiger partial charge on any atom is 0.306 e. The molecule has 0 spiro atoms. The molecule has 0 saturated heterocycles. The van der Waals surface area contributed by atoms with Crippen molar-refractivity contribution < 1.29 is 42.9 Å². The molecule has 2 unspecified atom stereocenters. The van der Waals surface area contributed by atoms with Gasteiger partial charge in [-0.2, -0.15) is 0 Å². The number of hydrogen-bond acceptors (Lipinski definition) is 8. The lowest BCUT2D eigenvalue weighted by atomic mass is 10.1. The number of likely N-dealkylation sites (N-methyl/N-ethyl adjacent to an activating group) is 1. The van der Waals surface area contributed by atoms with E-state index in [4.69, 9.17) is 18.9 Å². The lowest BCUT2D eigenvalue weighted by molar-refractivity contribution is -0.870. The molecular weight excluding hydrogens is 695 g/mol. The third-order valence-electron chi connectivity index (χ3n) is 8.47. The number of carbonyl (C=O) groups is 3. The average Bonchev–Trinajstić information content (AvgIpc) is 3.14. The summed E-state index contributed by atoms with van der Waals surface area (Å²) < 4.78 is 22.4. The zero-order valence-corrected chi connectivity index (χ0v) is 35.3. The van der Waals surface area contributed by atoms with Crippen molar-refractivity contribution in [3.05, 3.63) is 72.9 Å². The molecule has 0 saturated carbocycles. The predicted molar refractivity (Wildman–Crippen MR) is 223 cm³/mol. The molecule has 0 bridgehead atoms. The molecule has 0 radical (unpaired) electrons. The zero-order chi connectivity index (χ0) is 40.7. The smallest absolute Gasteiger partial charge is 0.306 e. The number of ether oxygens (including phenoxy) is 4. The number of rotatable bonds is 37. The Morgan fingerprint density at radius 2 is 1.04 bits per heavy atom. The van der Waals surface area contributed by atoms with E-state index < -0.39 is 24.3 Å². The van der Waals surface area contributed by atoms with Crippen molar-refractivity contribution >= 4 is 17.9 Å². The third-order valence-corrected chi connectivity index (χ3v) is 8.47. The molecule has 55 heavy (non-hydrogen) atoms. The molecular formula is C46H77NO8. The highest BCUT2D eigenvalue weighted by Crippen LogP contribution is 2.12. The molecule has 9 heteroatoms. The Morgan fingerprint density at radius 1 is 0.564 bits per heavy atom. The standard InChI is InChI=1S/C46H77NO8/c1-6-8-10-12-14-15-16-17-18-19-20-21-22-23-24-25-26-27-28-29-31-33-35-37-44(49)55-42(40-53-43(48)36-34-32-30-13-11-9-7-2)41-54-46(45(50)51)52-39-38-47(3,4)5/h8,10,14-15,17-18,20-21,23-24,26-27,42,46H,6-7,9,11-13,16,19,22,25,28-41H2,1-5H3/b10-8-,15-14-,18-17-,21-20-,24-23-,27-26-. The van der Waals surface area contributed by atoms with Crippen LogP contribution in [-0.4, -0.2) is 82.3 Å². The van der Waals surface area contributed by atoms with Crippen molar-refractivity contribution in [1.82, 2.24) is 0 Å². The van der Waals surface area contributed by atoms with E-state index in [0.717, 1.165) is 89.9 Å². The third kappa shape index (κ3) is 38.8. The molecule has 9 nitrogen and oxygen atoms in total. The van der Waals surface area contributed by atoms with Crippen LogP contribution in [0.1, 0.15) is 142 Å². The van der Waals surface area contributed by atoms with Crippen LogP contribution in [0.3, 0.4) is 0 Å². The van der Waals surface area contributed by atoms with Gasteiger partial charge in [0.2, 0.25) is 0 Å². The van der Waals surface area contributed by atoms with Gasteiger partial charge >= 0.3 is 11.9 Å². The number of carboxylic acids is 1. The van der Waals surface area contributed by atoms with E-state index in [1.54, 1.807) is 0 Å². The summed E-state index contributed by atoms with van der Waals surface area (Å²) in [6, 6.07) is 0. The van der Waals surface area contributed by atoms with Gasteiger partial charge in [-0.25, -0.2) is 0 Å². The summed E-state index contributed by atoms with van der Waals surface area (Å²) in [6.45, 7) is 4.51. The first kappa shape index (κ1) is 51.7. The van der Waals surface area contributed by atoms with E-state index in [2.05, 4.69) is 86.8 Å². The Hall–Kier alpha value is -3.27. The minimum atomic E-state index is -1.63. The predicted octanol–water partition coefficient (Wildman–Crippen LogP) is 9.44. The van der Waals surface area contributed by atoms with Crippen molar-refractivity contribution in [1.29, 1.82) is 0 Å². The Bertz CT molecular complexity index is 1130. The molecule has 0 aromatic rings. The molecule has 314 valence electrons. The number of nitrogens with zero attached hydrogens (tertiary/aromatic N) is 1. The maximum absolute atomic E-state index is 12.7. The number of unbranched alkanes of at least 4 members (excludes halogenated alkanes) is 10. The van der Waals surface area contributed by atoms with Crippen molar-refractivity contribution in [3.8, 4) is 0 Å². The SMILES string of the molecule is CC/C=C\C/C=C\C/C=C\C/C=C\C/C=C\C/C=C\CCCCCCC(=O)OC(COC(=O)CCCCCCCCC)COC(OCC[N+](C)(C)C)C(=O)[O-]. The van der Waals surface area contributed by atoms with Gasteiger partial charge in [0, 0.05) is 12.8 Å². The summed E-state index contributed by atoms with van der Waals surface area (Å²) in [5.74, 6) is -2.34. The van der Waals surface area contributed by atoms with E-state index in [1.165, 1.54) is 19.3 Å². The zero-order valence-electron chi connectivity index (χ0n) is 35.3. The van der Waals surface area contributed by atoms with Crippen LogP contribution in [-0.2, 0) is 33.3 Å². The minimum Gasteiger partial charge on any atom is -0.545 e. The molecule has 0 aromatic heterocycles. The summed E-state index contributed by atoms with van der Waals surface area (Å²) in [5, 5.41) is 11.6. The van der Waals surface area contributed by atoms with Gasteiger partial charge in [0.15, 0.2) is 12.4 Å². The fourth-order valence-electron chi connectivity index (χ4n) is 5.18. The average molecular weight is 772 g/mol. The van der Waals surface area contributed by atoms with Gasteiger partial charge in [0.05, 0.1) is 40.3 Å². The first-order valence-electron chi connectivity index (χ1n) is 21.1. The highest BCUT2D eigenvalue weighted by molar-refractivity contribution is 5.70. The summed E-state index contributed by atoms with van der Waals surface area (Å²) in [7, 11) is 5.88. The van der Waals surface area contributed by atoms with Gasteiger partial charge in [0.25, 0.3) is 0 Å². The Kier molecular flexibility index (Phi) is 35.4. The minimum absolute atomic E-state index is 0.139. The van der Waals surface area contributed by atoms with Crippen LogP contribution >= 0.6 is 0 Å². The second kappa shape index (κ2) is 37.6. The number of esters is 2. The summed E-state index contributed by atoms with van der Waals surface area (Å²) in [4.78, 5) is 36.7. The fraction of sp³-hybridized carbons (Fsp3) is 0.674. The van der Waals surface area contributed by atoms with Gasteiger partial charge < -0.3 is 33.3 Å². The molecule has 0 aliphatic carbocycles. The van der Waals surface area contributed by atoms with Crippen LogP contribution in [0, 0.1) is 0 Å². The molecule has 0 fully saturated rings. The number of carboxylic acid groups (broad SMARTS) is 1. The largest absolute Gasteiger partial charge is 0.545 e. The maximum atomic E-state index is 12.7. The highest BCUT2D eigenvalue weighted by Gasteiger charge is 2.21. The molecule has 0 aromatic carbocycles. The Balaban J connectivity index is 4.42. The summed E-state index contributed by atoms with van der Waals surface area (Å²) in [5.41, 5.74) is 0. The first-order valence-corrected chi connectivity index (χ1v) is 21.1. The highest BCUT2D eigenvalue weighted by atomic mass is 16.7. The van der Waals surface area contributed by atoms with Crippen LogP contribution in [0.2, 0.25) is 0 Å². The van der Waals surface area contributed by atoms with E-state index in [9.17, 15) is 19.5 Å². The van der Waals surface area contributed by atoms with E-state index in [1.807, 2.05) is 21.1 Å². The number of quaternary nitrogens is 1. The van der Waals surface area contributed by atoms with Crippen LogP contribution in [0.25, 0.3) is 0 Å². The van der Waals surface area contributed by atoms with Crippen LogP contribution in [0.15, 0.2) is 72.9 Å². The molecule has 0 aliphatic rings. The Morgan fingerprint density at radius 3 is 1.55 bits per heavy atom. The lowest BCUT2D eigenvalue weighted by Crippen LogP contribution is -2.44. The van der Waals surface area contributed by atoms with Crippen molar-refractivity contribution in [2.45, 2.75) is 155 Å². The van der Waals surface area contributed by atoms with Crippen molar-refractivity contribution in [2.75, 3.05) is 47.5 Å². The van der Waals surface area contributed by atoms with Gasteiger partial charge in [-0.05, 0) is 64.2 Å². The monoisotopic (exact) mass is 772 g/mol. The van der Waals surface area contributed by atoms with E-state index >= 15 is 0 Å². The molecule has 0 rings (SSSR count). The van der Waals surface area contributed by atoms with Gasteiger partial charge in [-0.3, -0.25) is 9.59 Å². The van der Waals surface area contributed by atoms with Crippen LogP contribution in [0.4, 0.5) is 0 Å². The van der Waals surface area contributed by atoms with Crippen molar-refractivity contribution in [2.24, 2.45) is 0 Å². The van der Waals surface area contributed by atoms with Crippen LogP contribution < -0.4 is 5.11 Å². The van der Waals surface area contributed by atoms with E-state index in [0.29, 0.717) is 17.4 Å². The normalized spacial score (nSPS) is 13.7. The number of carbonyl (C=O) groups excluding carboxylic acids is 3. The number of allylic oxidation sites excluding steroid dienone is 12. The molecule has 0 N–H and O–H groups in total. The number of hydrogen-bond donors (Lipinski definition) is 0. The quantitative estimate of drug-likeness (QED) is 0.0202. The van der Waals surface area contributed by atoms with Crippen LogP contribution in [0.5, 0.6) is 0 Å². The summed E-state index contributed by atoms with van der Waals surface area (Å²) in [6.07, 6.45) is 42.4.